The number of carbonyl (C=O) groups is 1. The monoisotopic (exact) mass is 584 g/mol. The van der Waals surface area contributed by atoms with Crippen molar-refractivity contribution in [3.05, 3.63) is 59.7 Å². The van der Waals surface area contributed by atoms with E-state index in [4.69, 9.17) is 16.3 Å². The lowest BCUT2D eigenvalue weighted by atomic mass is 9.74. The van der Waals surface area contributed by atoms with Crippen molar-refractivity contribution in [2.45, 2.75) is 24.9 Å². The maximum atomic E-state index is 14.3. The zero-order chi connectivity index (χ0) is 29.7. The molecule has 41 heavy (non-hydrogen) atoms. The van der Waals surface area contributed by atoms with Crippen LogP contribution >= 0.6 is 11.6 Å². The van der Waals surface area contributed by atoms with Gasteiger partial charge in [0.05, 0.1) is 34.8 Å². The van der Waals surface area contributed by atoms with Gasteiger partial charge in [-0.15, -0.1) is 0 Å². The molecule has 4 N–H and O–H groups in total. The van der Waals surface area contributed by atoms with E-state index in [1.807, 2.05) is 32.1 Å². The average Bonchev–Trinajstić information content (AvgIpc) is 2.92. The Morgan fingerprint density at radius 2 is 1.80 bits per heavy atom. The number of benzene rings is 2. The SMILES string of the molecule is C=CC(=O)Nc1cc(Nc2ncnc(Nc3cc(Cl)c(F)cc3C3(O)CCC3)n2)c(OC)cc1N(C)CCN(C)C. The summed E-state index contributed by atoms with van der Waals surface area (Å²) >= 11 is 6.05. The highest BCUT2D eigenvalue weighted by atomic mass is 35.5. The zero-order valence-corrected chi connectivity index (χ0v) is 24.2. The van der Waals surface area contributed by atoms with E-state index < -0.39 is 11.4 Å². The van der Waals surface area contributed by atoms with Crippen LogP contribution in [0.25, 0.3) is 0 Å². The third kappa shape index (κ3) is 7.02. The number of aromatic nitrogens is 3. The van der Waals surface area contributed by atoms with Gasteiger partial charge in [0.1, 0.15) is 17.9 Å². The topological polar surface area (TPSA) is 128 Å². The summed E-state index contributed by atoms with van der Waals surface area (Å²) in [5.41, 5.74) is 1.40. The number of carbonyl (C=O) groups excluding carboxylic acids is 1. The van der Waals surface area contributed by atoms with Gasteiger partial charge in [0, 0.05) is 37.5 Å². The number of nitrogens with one attached hydrogen (secondary N) is 3. The van der Waals surface area contributed by atoms with E-state index in [-0.39, 0.29) is 22.8 Å². The Morgan fingerprint density at radius 3 is 2.39 bits per heavy atom. The van der Waals surface area contributed by atoms with Gasteiger partial charge >= 0.3 is 0 Å². The minimum Gasteiger partial charge on any atom is -0.494 e. The third-order valence-corrected chi connectivity index (χ3v) is 7.15. The van der Waals surface area contributed by atoms with Gasteiger partial charge in [0.2, 0.25) is 17.8 Å². The maximum absolute atomic E-state index is 14.3. The lowest BCUT2D eigenvalue weighted by molar-refractivity contribution is -0.111. The van der Waals surface area contributed by atoms with Crippen LogP contribution in [0.1, 0.15) is 24.8 Å². The molecule has 1 aromatic heterocycles. The molecule has 1 amide bonds. The molecule has 1 aliphatic carbocycles. The Kier molecular flexibility index (Phi) is 9.26. The molecule has 0 atom stereocenters. The standard InChI is InChI=1S/C28H34ClFN8O3/c1-6-25(39)33-21-14-22(24(41-5)15-23(21)38(4)11-10-37(2)3)35-27-32-16-31-26(36-27)34-20-13-18(29)19(30)12-17(20)28(40)8-7-9-28/h6,12-16,40H,1,7-11H2,2-5H3,(H,33,39)(H2,31,32,34,35,36). The van der Waals surface area contributed by atoms with Crippen LogP contribution in [0.4, 0.5) is 39.0 Å². The van der Waals surface area contributed by atoms with E-state index in [0.29, 0.717) is 47.8 Å². The van der Waals surface area contributed by atoms with Crippen LogP contribution < -0.4 is 25.6 Å². The molecule has 4 rings (SSSR count). The van der Waals surface area contributed by atoms with Crippen molar-refractivity contribution in [1.82, 2.24) is 19.9 Å². The summed E-state index contributed by atoms with van der Waals surface area (Å²) in [4.78, 5) is 29.1. The number of hydrogen-bond acceptors (Lipinski definition) is 10. The van der Waals surface area contributed by atoms with E-state index in [1.54, 1.807) is 6.07 Å². The van der Waals surface area contributed by atoms with Gasteiger partial charge in [-0.05, 0) is 57.6 Å². The quantitative estimate of drug-likeness (QED) is 0.223. The first kappa shape index (κ1) is 30.0. The fourth-order valence-corrected chi connectivity index (χ4v) is 4.54. The van der Waals surface area contributed by atoms with Crippen LogP contribution in [0, 0.1) is 5.82 Å². The van der Waals surface area contributed by atoms with E-state index in [2.05, 4.69) is 42.4 Å². The molecule has 2 aromatic carbocycles. The number of ether oxygens (including phenoxy) is 1. The summed E-state index contributed by atoms with van der Waals surface area (Å²) < 4.78 is 19.9. The second-order valence-electron chi connectivity index (χ2n) is 10.1. The molecule has 13 heteroatoms. The average molecular weight is 585 g/mol. The molecule has 1 aliphatic rings. The Bertz CT molecular complexity index is 1430. The Balaban J connectivity index is 1.64. The molecule has 11 nitrogen and oxygen atoms in total. The number of likely N-dealkylation sites (N-methyl/N-ethyl adjacent to an activating group) is 2. The molecule has 0 radical (unpaired) electrons. The molecule has 1 saturated carbocycles. The fourth-order valence-electron chi connectivity index (χ4n) is 4.38. The van der Waals surface area contributed by atoms with Crippen molar-refractivity contribution in [1.29, 1.82) is 0 Å². The summed E-state index contributed by atoms with van der Waals surface area (Å²) in [5.74, 6) is -0.172. The highest BCUT2D eigenvalue weighted by Gasteiger charge is 2.39. The van der Waals surface area contributed by atoms with Crippen LogP contribution in [-0.4, -0.2) is 72.2 Å². The van der Waals surface area contributed by atoms with Crippen molar-refractivity contribution in [3.8, 4) is 5.75 Å². The fraction of sp³-hybridized carbons (Fsp3) is 0.357. The van der Waals surface area contributed by atoms with Crippen LogP contribution in [0.3, 0.4) is 0 Å². The highest BCUT2D eigenvalue weighted by molar-refractivity contribution is 6.31. The number of rotatable bonds is 12. The number of nitrogens with zero attached hydrogens (tertiary/aromatic N) is 5. The number of aliphatic hydroxyl groups is 1. The number of methoxy groups -OCH3 is 1. The van der Waals surface area contributed by atoms with Gasteiger partial charge in [-0.1, -0.05) is 18.2 Å². The Labute approximate surface area is 243 Å². The molecular weight excluding hydrogens is 551 g/mol. The first-order chi connectivity index (χ1) is 19.5. The summed E-state index contributed by atoms with van der Waals surface area (Å²) in [6, 6.07) is 6.18. The minimum atomic E-state index is -1.15. The molecule has 1 heterocycles. The predicted octanol–water partition coefficient (Wildman–Crippen LogP) is 4.65. The van der Waals surface area contributed by atoms with Crippen LogP contribution in [-0.2, 0) is 10.4 Å². The number of anilines is 6. The molecule has 0 bridgehead atoms. The van der Waals surface area contributed by atoms with Crippen LogP contribution in [0.15, 0.2) is 43.2 Å². The third-order valence-electron chi connectivity index (χ3n) is 6.86. The molecule has 0 saturated heterocycles. The second-order valence-corrected chi connectivity index (χ2v) is 10.5. The molecule has 0 aliphatic heterocycles. The van der Waals surface area contributed by atoms with Crippen LogP contribution in [0.5, 0.6) is 5.75 Å². The van der Waals surface area contributed by atoms with E-state index in [0.717, 1.165) is 18.7 Å². The number of halogens is 2. The van der Waals surface area contributed by atoms with Crippen molar-refractivity contribution < 1.29 is 19.0 Å². The van der Waals surface area contributed by atoms with E-state index in [1.165, 1.54) is 31.6 Å². The second kappa shape index (κ2) is 12.7. The van der Waals surface area contributed by atoms with Crippen molar-refractivity contribution >= 4 is 52.2 Å². The molecule has 218 valence electrons. The zero-order valence-electron chi connectivity index (χ0n) is 23.5. The maximum Gasteiger partial charge on any atom is 0.247 e. The summed E-state index contributed by atoms with van der Waals surface area (Å²) in [7, 11) is 7.44. The molecule has 3 aromatic rings. The van der Waals surface area contributed by atoms with Gasteiger partial charge in [0.15, 0.2) is 0 Å². The van der Waals surface area contributed by atoms with Crippen molar-refractivity contribution in [3.63, 3.8) is 0 Å². The Morgan fingerprint density at radius 1 is 1.12 bits per heavy atom. The van der Waals surface area contributed by atoms with Crippen LogP contribution in [0.2, 0.25) is 5.02 Å². The number of hydrogen-bond donors (Lipinski definition) is 4. The molecule has 0 spiro atoms. The first-order valence-electron chi connectivity index (χ1n) is 13.0. The molecule has 1 fully saturated rings. The van der Waals surface area contributed by atoms with Gasteiger partial charge < -0.3 is 35.6 Å². The van der Waals surface area contributed by atoms with Gasteiger partial charge in [-0.25, -0.2) is 14.4 Å². The first-order valence-corrected chi connectivity index (χ1v) is 13.4. The summed E-state index contributed by atoms with van der Waals surface area (Å²) in [5, 5.41) is 19.8. The van der Waals surface area contributed by atoms with Gasteiger partial charge in [-0.2, -0.15) is 4.98 Å². The highest BCUT2D eigenvalue weighted by Crippen LogP contribution is 2.45. The number of amides is 1. The predicted molar refractivity (Wildman–Crippen MR) is 159 cm³/mol. The van der Waals surface area contributed by atoms with Crippen molar-refractivity contribution in [2.75, 3.05) is 62.2 Å². The minimum absolute atomic E-state index is 0.0962. The molecular formula is C28H34ClFN8O3. The van der Waals surface area contributed by atoms with Crippen molar-refractivity contribution in [2.24, 2.45) is 0 Å². The summed E-state index contributed by atoms with van der Waals surface area (Å²) in [6.45, 7) is 5.05. The Hall–Kier alpha value is -4.00. The van der Waals surface area contributed by atoms with Gasteiger partial charge in [0.25, 0.3) is 0 Å². The van der Waals surface area contributed by atoms with E-state index in [9.17, 15) is 14.3 Å². The lowest BCUT2D eigenvalue weighted by Crippen LogP contribution is -2.34. The largest absolute Gasteiger partial charge is 0.494 e. The lowest BCUT2D eigenvalue weighted by Gasteiger charge is -2.38. The smallest absolute Gasteiger partial charge is 0.247 e. The molecule has 0 unspecified atom stereocenters. The normalized spacial score (nSPS) is 13.8. The van der Waals surface area contributed by atoms with E-state index >= 15 is 0 Å². The summed E-state index contributed by atoms with van der Waals surface area (Å²) in [6.07, 6.45) is 4.36. The van der Waals surface area contributed by atoms with Gasteiger partial charge in [-0.3, -0.25) is 4.79 Å².